The number of amides is 1. The molecule has 0 radical (unpaired) electrons. The summed E-state index contributed by atoms with van der Waals surface area (Å²) in [5, 5.41) is 14.1. The van der Waals surface area contributed by atoms with E-state index >= 15 is 0 Å². The third-order valence-corrected chi connectivity index (χ3v) is 7.85. The number of carbonyl (C=O) groups excluding carboxylic acids is 1. The second kappa shape index (κ2) is 7.92. The molecule has 33 heavy (non-hydrogen) atoms. The predicted molar refractivity (Wildman–Crippen MR) is 124 cm³/mol. The number of piperazine rings is 1. The Balaban J connectivity index is 1.71. The monoisotopic (exact) mass is 452 g/mol. The molecule has 2 bridgehead atoms. The molecule has 0 unspecified atom stereocenters. The Kier molecular flexibility index (Phi) is 5.29. The van der Waals surface area contributed by atoms with Gasteiger partial charge in [0.25, 0.3) is 0 Å². The van der Waals surface area contributed by atoms with Crippen LogP contribution in [0, 0.1) is 20.8 Å². The van der Waals surface area contributed by atoms with Crippen molar-refractivity contribution in [2.75, 3.05) is 27.9 Å². The van der Waals surface area contributed by atoms with Crippen molar-refractivity contribution in [3.63, 3.8) is 0 Å². The Morgan fingerprint density at radius 3 is 2.39 bits per heavy atom. The molecule has 176 valence electrons. The first-order valence-corrected chi connectivity index (χ1v) is 11.5. The molecule has 1 fully saturated rings. The number of hydrogen-bond acceptors (Lipinski definition) is 6. The van der Waals surface area contributed by atoms with Crippen molar-refractivity contribution >= 4 is 5.91 Å². The van der Waals surface area contributed by atoms with Crippen LogP contribution in [0.3, 0.4) is 0 Å². The highest BCUT2D eigenvalue weighted by Gasteiger charge is 2.52. The maximum atomic E-state index is 13.8. The van der Waals surface area contributed by atoms with Gasteiger partial charge in [-0.25, -0.2) is 0 Å². The third kappa shape index (κ3) is 2.98. The second-order valence-corrected chi connectivity index (χ2v) is 9.35. The molecular formula is C26H32N2O5. The Morgan fingerprint density at radius 2 is 1.76 bits per heavy atom. The number of methoxy groups -OCH3 is 3. The molecule has 0 aliphatic carbocycles. The molecule has 0 aromatic heterocycles. The normalized spacial score (nSPS) is 25.2. The molecule has 3 aliphatic rings. The lowest BCUT2D eigenvalue weighted by atomic mass is 9.74. The quantitative estimate of drug-likeness (QED) is 0.743. The fourth-order valence-corrected chi connectivity index (χ4v) is 6.25. The zero-order valence-corrected chi connectivity index (χ0v) is 20.1. The smallest absolute Gasteiger partial charge is 0.240 e. The molecule has 2 N–H and O–H groups in total. The van der Waals surface area contributed by atoms with E-state index in [1.807, 2.05) is 18.7 Å². The van der Waals surface area contributed by atoms with Gasteiger partial charge >= 0.3 is 0 Å². The average molecular weight is 453 g/mol. The van der Waals surface area contributed by atoms with Crippen LogP contribution >= 0.6 is 0 Å². The summed E-state index contributed by atoms with van der Waals surface area (Å²) in [5.41, 5.74) is 7.37. The summed E-state index contributed by atoms with van der Waals surface area (Å²) in [7, 11) is 5.00. The molecule has 3 aliphatic heterocycles. The molecule has 1 amide bonds. The lowest BCUT2D eigenvalue weighted by Crippen LogP contribution is -2.66. The maximum absolute atomic E-state index is 13.8. The number of ether oxygens (including phenoxy) is 3. The zero-order valence-electron chi connectivity index (χ0n) is 20.1. The summed E-state index contributed by atoms with van der Waals surface area (Å²) < 4.78 is 17.2. The van der Waals surface area contributed by atoms with Gasteiger partial charge < -0.3 is 24.2 Å². The van der Waals surface area contributed by atoms with Gasteiger partial charge in [0, 0.05) is 23.1 Å². The molecule has 0 spiro atoms. The molecule has 1 saturated heterocycles. The number of fused-ring (bicyclic) bond motifs is 7. The van der Waals surface area contributed by atoms with Gasteiger partial charge in [-0.1, -0.05) is 6.07 Å². The maximum Gasteiger partial charge on any atom is 0.240 e. The fraction of sp³-hybridized carbons (Fsp3) is 0.500. The summed E-state index contributed by atoms with van der Waals surface area (Å²) in [5.74, 6) is 2.36. The number of aryl methyl sites for hydroxylation is 1. The largest absolute Gasteiger partial charge is 0.496 e. The predicted octanol–water partition coefficient (Wildman–Crippen LogP) is 2.69. The van der Waals surface area contributed by atoms with Crippen molar-refractivity contribution in [2.45, 2.75) is 57.8 Å². The minimum Gasteiger partial charge on any atom is -0.496 e. The third-order valence-electron chi connectivity index (χ3n) is 7.85. The summed E-state index contributed by atoms with van der Waals surface area (Å²) in [6, 6.07) is 3.23. The van der Waals surface area contributed by atoms with Crippen molar-refractivity contribution in [1.82, 2.24) is 10.2 Å². The van der Waals surface area contributed by atoms with E-state index in [0.29, 0.717) is 12.8 Å². The van der Waals surface area contributed by atoms with Crippen LogP contribution < -0.4 is 19.5 Å². The van der Waals surface area contributed by atoms with E-state index in [4.69, 9.17) is 14.2 Å². The highest BCUT2D eigenvalue weighted by molar-refractivity contribution is 5.86. The van der Waals surface area contributed by atoms with Crippen LogP contribution in [0.15, 0.2) is 12.1 Å². The van der Waals surface area contributed by atoms with Crippen LogP contribution in [-0.2, 0) is 17.6 Å². The first kappa shape index (κ1) is 22.0. The summed E-state index contributed by atoms with van der Waals surface area (Å²) in [4.78, 5) is 15.7. The van der Waals surface area contributed by atoms with Crippen molar-refractivity contribution < 1.29 is 24.1 Å². The Bertz CT molecular complexity index is 1140. The number of benzene rings is 2. The Morgan fingerprint density at radius 1 is 1.03 bits per heavy atom. The Labute approximate surface area is 194 Å². The highest BCUT2D eigenvalue weighted by Crippen LogP contribution is 2.50. The van der Waals surface area contributed by atoms with Gasteiger partial charge in [-0.3, -0.25) is 10.1 Å². The van der Waals surface area contributed by atoms with Crippen LogP contribution in [0.4, 0.5) is 0 Å². The van der Waals surface area contributed by atoms with Gasteiger partial charge in [-0.2, -0.15) is 0 Å². The fourth-order valence-electron chi connectivity index (χ4n) is 6.25. The number of rotatable bonds is 4. The molecule has 4 atom stereocenters. The number of carbonyl (C=O) groups is 1. The van der Waals surface area contributed by atoms with E-state index in [-0.39, 0.29) is 30.6 Å². The van der Waals surface area contributed by atoms with E-state index in [1.165, 1.54) is 0 Å². The number of aliphatic hydroxyl groups excluding tert-OH is 1. The van der Waals surface area contributed by atoms with E-state index in [9.17, 15) is 9.90 Å². The summed E-state index contributed by atoms with van der Waals surface area (Å²) >= 11 is 0. The van der Waals surface area contributed by atoms with Crippen LogP contribution in [-0.4, -0.2) is 55.9 Å². The van der Waals surface area contributed by atoms with Gasteiger partial charge in [0.05, 0.1) is 52.1 Å². The van der Waals surface area contributed by atoms with Crippen molar-refractivity contribution in [2.24, 2.45) is 0 Å². The van der Waals surface area contributed by atoms with Gasteiger partial charge in [-0.05, 0) is 55.5 Å². The minimum atomic E-state index is -0.441. The lowest BCUT2D eigenvalue weighted by Gasteiger charge is -2.54. The van der Waals surface area contributed by atoms with E-state index in [0.717, 1.165) is 56.2 Å². The summed E-state index contributed by atoms with van der Waals surface area (Å²) in [6.45, 7) is 5.94. The van der Waals surface area contributed by atoms with Gasteiger partial charge in [0.2, 0.25) is 5.91 Å². The molecule has 2 aromatic rings. The van der Waals surface area contributed by atoms with Gasteiger partial charge in [0.15, 0.2) is 0 Å². The molecule has 2 aromatic carbocycles. The molecule has 7 nitrogen and oxygen atoms in total. The van der Waals surface area contributed by atoms with Crippen molar-refractivity contribution in [1.29, 1.82) is 0 Å². The highest BCUT2D eigenvalue weighted by atomic mass is 16.5. The first-order chi connectivity index (χ1) is 15.9. The van der Waals surface area contributed by atoms with Crippen molar-refractivity contribution in [3.05, 3.63) is 51.1 Å². The zero-order chi connectivity index (χ0) is 23.6. The average Bonchev–Trinajstić information content (AvgIpc) is 2.81. The van der Waals surface area contributed by atoms with Gasteiger partial charge in [-0.15, -0.1) is 0 Å². The van der Waals surface area contributed by atoms with E-state index in [1.54, 1.807) is 21.3 Å². The molecule has 5 rings (SSSR count). The minimum absolute atomic E-state index is 0.0161. The molecule has 3 heterocycles. The number of nitrogens with zero attached hydrogens (tertiary/aromatic N) is 1. The van der Waals surface area contributed by atoms with Crippen LogP contribution in [0.2, 0.25) is 0 Å². The van der Waals surface area contributed by atoms with E-state index < -0.39 is 6.04 Å². The number of hydrogen-bond donors (Lipinski definition) is 2. The topological polar surface area (TPSA) is 80.3 Å². The van der Waals surface area contributed by atoms with Crippen LogP contribution in [0.1, 0.15) is 51.0 Å². The van der Waals surface area contributed by atoms with E-state index in [2.05, 4.69) is 24.4 Å². The number of nitrogens with one attached hydrogen (secondary N) is 1. The van der Waals surface area contributed by atoms with Crippen LogP contribution in [0.25, 0.3) is 0 Å². The SMILES string of the molecule is COc1cc2c(c(OC)c1C)C[C@H]1N[C@@H]2[C@@H]2Cc3cc(C)c(C)c(OC)c3[C@H](CO)N2C1=O. The Hall–Kier alpha value is -2.77. The summed E-state index contributed by atoms with van der Waals surface area (Å²) in [6.07, 6.45) is 1.22. The molecular weight excluding hydrogens is 420 g/mol. The number of aliphatic hydroxyl groups is 1. The lowest BCUT2D eigenvalue weighted by molar-refractivity contribution is -0.147. The standard InChI is InChI=1S/C26H32N2O5/c1-12-7-15-8-19-23-16-10-21(31-4)14(3)24(32-5)17(16)9-18(27-23)26(30)28(19)20(11-29)22(15)25(33-6)13(12)2/h7,10,18-20,23,27,29H,8-9,11H2,1-6H3/t18-,19+,20+,23+/m1/s1. The second-order valence-electron chi connectivity index (χ2n) is 9.35. The van der Waals surface area contributed by atoms with Gasteiger partial charge in [0.1, 0.15) is 17.2 Å². The molecule has 7 heteroatoms. The van der Waals surface area contributed by atoms with Crippen LogP contribution in [0.5, 0.6) is 17.2 Å². The van der Waals surface area contributed by atoms with Crippen molar-refractivity contribution in [3.8, 4) is 17.2 Å². The first-order valence-electron chi connectivity index (χ1n) is 11.5. The molecule has 0 saturated carbocycles.